The highest BCUT2D eigenvalue weighted by molar-refractivity contribution is 9.10. The van der Waals surface area contributed by atoms with Gasteiger partial charge in [0.1, 0.15) is 0 Å². The Morgan fingerprint density at radius 1 is 1.71 bits per heavy atom. The van der Waals surface area contributed by atoms with Crippen LogP contribution < -0.4 is 10.2 Å². The van der Waals surface area contributed by atoms with Crippen molar-refractivity contribution >= 4 is 21.7 Å². The van der Waals surface area contributed by atoms with E-state index in [4.69, 9.17) is 4.74 Å². The summed E-state index contributed by atoms with van der Waals surface area (Å²) in [6.07, 6.45) is 1.62. The van der Waals surface area contributed by atoms with Gasteiger partial charge in [0.05, 0.1) is 19.3 Å². The SMILES string of the molecule is CNCC1COCCN1c1ncc(Br)cc1F. The molecule has 4 nitrogen and oxygen atoms in total. The first kappa shape index (κ1) is 12.7. The first-order chi connectivity index (χ1) is 8.22. The summed E-state index contributed by atoms with van der Waals surface area (Å²) in [4.78, 5) is 6.11. The van der Waals surface area contributed by atoms with Crippen LogP contribution >= 0.6 is 15.9 Å². The Hall–Kier alpha value is -0.720. The van der Waals surface area contributed by atoms with Crippen LogP contribution in [0.25, 0.3) is 0 Å². The van der Waals surface area contributed by atoms with Crippen molar-refractivity contribution in [3.8, 4) is 0 Å². The summed E-state index contributed by atoms with van der Waals surface area (Å²) in [5, 5.41) is 3.09. The number of pyridine rings is 1. The number of ether oxygens (including phenoxy) is 1. The summed E-state index contributed by atoms with van der Waals surface area (Å²) < 4.78 is 19.9. The number of nitrogens with zero attached hydrogens (tertiary/aromatic N) is 2. The topological polar surface area (TPSA) is 37.4 Å². The number of hydrogen-bond acceptors (Lipinski definition) is 4. The van der Waals surface area contributed by atoms with E-state index in [-0.39, 0.29) is 11.9 Å². The number of nitrogens with one attached hydrogen (secondary N) is 1. The average Bonchev–Trinajstić information content (AvgIpc) is 2.31. The maximum Gasteiger partial charge on any atom is 0.166 e. The Morgan fingerprint density at radius 2 is 2.53 bits per heavy atom. The van der Waals surface area contributed by atoms with Gasteiger partial charge in [0.2, 0.25) is 0 Å². The molecule has 2 heterocycles. The van der Waals surface area contributed by atoms with Gasteiger partial charge < -0.3 is 15.0 Å². The van der Waals surface area contributed by atoms with E-state index in [2.05, 4.69) is 26.2 Å². The summed E-state index contributed by atoms with van der Waals surface area (Å²) in [7, 11) is 1.87. The number of hydrogen-bond donors (Lipinski definition) is 1. The molecule has 94 valence electrons. The molecule has 1 aliphatic heterocycles. The molecule has 0 amide bonds. The van der Waals surface area contributed by atoms with E-state index in [0.29, 0.717) is 30.0 Å². The maximum absolute atomic E-state index is 13.9. The number of aromatic nitrogens is 1. The minimum Gasteiger partial charge on any atom is -0.377 e. The fourth-order valence-corrected chi connectivity index (χ4v) is 2.26. The van der Waals surface area contributed by atoms with Crippen LogP contribution in [0.5, 0.6) is 0 Å². The van der Waals surface area contributed by atoms with E-state index in [1.165, 1.54) is 6.07 Å². The van der Waals surface area contributed by atoms with Crippen LogP contribution in [0, 0.1) is 5.82 Å². The normalized spacial score (nSPS) is 20.6. The molecule has 0 aromatic carbocycles. The average molecular weight is 304 g/mol. The zero-order chi connectivity index (χ0) is 12.3. The predicted molar refractivity (Wildman–Crippen MR) is 67.8 cm³/mol. The van der Waals surface area contributed by atoms with Gasteiger partial charge in [-0.3, -0.25) is 0 Å². The molecule has 1 fully saturated rings. The monoisotopic (exact) mass is 303 g/mol. The first-order valence-corrected chi connectivity index (χ1v) is 6.31. The van der Waals surface area contributed by atoms with Crippen LogP contribution in [0.2, 0.25) is 0 Å². The molecular formula is C11H15BrFN3O. The lowest BCUT2D eigenvalue weighted by Crippen LogP contribution is -2.50. The summed E-state index contributed by atoms with van der Waals surface area (Å²) >= 11 is 3.21. The minimum absolute atomic E-state index is 0.122. The van der Waals surface area contributed by atoms with E-state index < -0.39 is 0 Å². The number of morpholine rings is 1. The molecule has 1 N–H and O–H groups in total. The second-order valence-corrected chi connectivity index (χ2v) is 4.85. The quantitative estimate of drug-likeness (QED) is 0.916. The second-order valence-electron chi connectivity index (χ2n) is 3.94. The van der Waals surface area contributed by atoms with Gasteiger partial charge in [0, 0.05) is 23.8 Å². The Labute approximate surface area is 108 Å². The van der Waals surface area contributed by atoms with Crippen molar-refractivity contribution in [3.05, 3.63) is 22.6 Å². The van der Waals surface area contributed by atoms with Crippen LogP contribution in [-0.2, 0) is 4.74 Å². The number of rotatable bonds is 3. The molecule has 1 aromatic rings. The van der Waals surface area contributed by atoms with Gasteiger partial charge in [-0.1, -0.05) is 0 Å². The van der Waals surface area contributed by atoms with Crippen LogP contribution in [-0.4, -0.2) is 44.4 Å². The van der Waals surface area contributed by atoms with Gasteiger partial charge in [-0.25, -0.2) is 9.37 Å². The second kappa shape index (κ2) is 5.75. The predicted octanol–water partition coefficient (Wildman–Crippen LogP) is 1.41. The van der Waals surface area contributed by atoms with E-state index in [0.717, 1.165) is 6.54 Å². The molecule has 0 spiro atoms. The smallest absolute Gasteiger partial charge is 0.166 e. The third-order valence-electron chi connectivity index (χ3n) is 2.73. The van der Waals surface area contributed by atoms with Gasteiger partial charge >= 0.3 is 0 Å². The van der Waals surface area contributed by atoms with E-state index in [9.17, 15) is 4.39 Å². The van der Waals surface area contributed by atoms with Crippen molar-refractivity contribution in [2.75, 3.05) is 38.3 Å². The molecule has 1 aliphatic rings. The van der Waals surface area contributed by atoms with E-state index in [1.54, 1.807) is 6.20 Å². The molecule has 0 aliphatic carbocycles. The van der Waals surface area contributed by atoms with Gasteiger partial charge in [0.25, 0.3) is 0 Å². The zero-order valence-electron chi connectivity index (χ0n) is 9.62. The fourth-order valence-electron chi connectivity index (χ4n) is 1.96. The zero-order valence-corrected chi connectivity index (χ0v) is 11.2. The van der Waals surface area contributed by atoms with Crippen LogP contribution in [0.15, 0.2) is 16.7 Å². The lowest BCUT2D eigenvalue weighted by Gasteiger charge is -2.36. The van der Waals surface area contributed by atoms with Crippen molar-refractivity contribution < 1.29 is 9.13 Å². The molecule has 1 unspecified atom stereocenters. The van der Waals surface area contributed by atoms with E-state index >= 15 is 0 Å². The third-order valence-corrected chi connectivity index (χ3v) is 3.16. The summed E-state index contributed by atoms with van der Waals surface area (Å²) in [5.74, 6) is 0.0964. The summed E-state index contributed by atoms with van der Waals surface area (Å²) in [5.41, 5.74) is 0. The number of anilines is 1. The largest absolute Gasteiger partial charge is 0.377 e. The van der Waals surface area contributed by atoms with Crippen molar-refractivity contribution in [2.24, 2.45) is 0 Å². The van der Waals surface area contributed by atoms with Crippen molar-refractivity contribution in [1.29, 1.82) is 0 Å². The van der Waals surface area contributed by atoms with Crippen LogP contribution in [0.4, 0.5) is 10.2 Å². The molecule has 6 heteroatoms. The molecule has 2 rings (SSSR count). The first-order valence-electron chi connectivity index (χ1n) is 5.52. The Balaban J connectivity index is 2.23. The standard InChI is InChI=1S/C11H15BrFN3O/c1-14-6-9-7-17-3-2-16(9)11-10(13)4-8(12)5-15-11/h4-5,9,14H,2-3,6-7H2,1H3. The van der Waals surface area contributed by atoms with Crippen LogP contribution in [0.3, 0.4) is 0 Å². The molecule has 0 bridgehead atoms. The summed E-state index contributed by atoms with van der Waals surface area (Å²) in [6, 6.07) is 1.56. The third kappa shape index (κ3) is 2.94. The van der Waals surface area contributed by atoms with Gasteiger partial charge in [-0.05, 0) is 29.0 Å². The highest BCUT2D eigenvalue weighted by Gasteiger charge is 2.25. The summed E-state index contributed by atoms with van der Waals surface area (Å²) in [6.45, 7) is 2.62. The van der Waals surface area contributed by atoms with Gasteiger partial charge in [-0.15, -0.1) is 0 Å². The molecule has 1 atom stereocenters. The molecule has 17 heavy (non-hydrogen) atoms. The number of likely N-dealkylation sites (N-methyl/N-ethyl adjacent to an activating group) is 1. The highest BCUT2D eigenvalue weighted by atomic mass is 79.9. The van der Waals surface area contributed by atoms with Crippen LogP contribution in [0.1, 0.15) is 0 Å². The molecular weight excluding hydrogens is 289 g/mol. The maximum atomic E-state index is 13.9. The van der Waals surface area contributed by atoms with Gasteiger partial charge in [-0.2, -0.15) is 0 Å². The Bertz CT molecular complexity index is 389. The van der Waals surface area contributed by atoms with Crippen molar-refractivity contribution in [3.63, 3.8) is 0 Å². The molecule has 0 radical (unpaired) electrons. The minimum atomic E-state index is -0.303. The highest BCUT2D eigenvalue weighted by Crippen LogP contribution is 2.23. The number of halogens is 2. The van der Waals surface area contributed by atoms with Gasteiger partial charge in [0.15, 0.2) is 11.6 Å². The Kier molecular flexibility index (Phi) is 4.31. The molecule has 0 saturated carbocycles. The van der Waals surface area contributed by atoms with Crippen molar-refractivity contribution in [2.45, 2.75) is 6.04 Å². The Morgan fingerprint density at radius 3 is 3.24 bits per heavy atom. The molecule has 1 saturated heterocycles. The fraction of sp³-hybridized carbons (Fsp3) is 0.545. The van der Waals surface area contributed by atoms with E-state index in [1.807, 2.05) is 11.9 Å². The molecule has 1 aromatic heterocycles. The lowest BCUT2D eigenvalue weighted by molar-refractivity contribution is 0.0935. The van der Waals surface area contributed by atoms with Crippen molar-refractivity contribution in [1.82, 2.24) is 10.3 Å². The lowest BCUT2D eigenvalue weighted by atomic mass is 10.2.